The van der Waals surface area contributed by atoms with Crippen molar-refractivity contribution in [3.05, 3.63) is 18.2 Å². The molecular formula is C36H63N3O6S. The van der Waals surface area contributed by atoms with E-state index >= 15 is 0 Å². The molecule has 1 unspecified atom stereocenters. The number of hydrogen-bond acceptors (Lipinski definition) is 6. The van der Waals surface area contributed by atoms with Gasteiger partial charge in [0.2, 0.25) is 21.8 Å². The average molecular weight is 666 g/mol. The number of unbranched alkanes of at least 4 members (excludes halogenated alkanes) is 13. The zero-order chi connectivity index (χ0) is 34.8. The first-order valence-corrected chi connectivity index (χ1v) is 18.9. The maximum absolute atomic E-state index is 13.5. The topological polar surface area (TPSA) is 122 Å². The van der Waals surface area contributed by atoms with Gasteiger partial charge in [0.1, 0.15) is 11.7 Å². The predicted molar refractivity (Wildman–Crippen MR) is 188 cm³/mol. The molecule has 0 bridgehead atoms. The Morgan fingerprint density at radius 2 is 1.35 bits per heavy atom. The number of benzene rings is 1. The molecule has 0 radical (unpaired) electrons. The molecule has 1 aromatic carbocycles. The summed E-state index contributed by atoms with van der Waals surface area (Å²) in [6, 6.07) is 4.03. The Morgan fingerprint density at radius 3 is 1.78 bits per heavy atom. The number of rotatable bonds is 24. The van der Waals surface area contributed by atoms with Crippen molar-refractivity contribution in [2.24, 2.45) is 11.3 Å². The highest BCUT2D eigenvalue weighted by molar-refractivity contribution is 7.89. The Morgan fingerprint density at radius 1 is 0.848 bits per heavy atom. The van der Waals surface area contributed by atoms with E-state index in [1.165, 1.54) is 108 Å². The minimum absolute atomic E-state index is 0.0137. The number of carbonyl (C=O) groups is 3. The molecule has 0 aliphatic heterocycles. The van der Waals surface area contributed by atoms with Crippen molar-refractivity contribution in [1.29, 1.82) is 0 Å². The number of methoxy groups -OCH3 is 1. The number of ketones is 1. The molecule has 2 N–H and O–H groups in total. The van der Waals surface area contributed by atoms with Gasteiger partial charge < -0.3 is 15.0 Å². The van der Waals surface area contributed by atoms with Crippen LogP contribution in [-0.2, 0) is 24.4 Å². The summed E-state index contributed by atoms with van der Waals surface area (Å²) in [5.41, 5.74) is -0.703. The van der Waals surface area contributed by atoms with E-state index in [1.807, 2.05) is 13.8 Å². The van der Waals surface area contributed by atoms with Crippen LogP contribution in [0.3, 0.4) is 0 Å². The quantitative estimate of drug-likeness (QED) is 0.0856. The van der Waals surface area contributed by atoms with Gasteiger partial charge in [-0.3, -0.25) is 14.4 Å². The first kappa shape index (κ1) is 41.6. The molecule has 0 saturated carbocycles. The molecule has 0 aromatic heterocycles. The van der Waals surface area contributed by atoms with Gasteiger partial charge in [-0.15, -0.1) is 0 Å². The molecule has 10 heteroatoms. The van der Waals surface area contributed by atoms with Crippen molar-refractivity contribution in [3.8, 4) is 5.75 Å². The maximum Gasteiger partial charge on any atom is 0.240 e. The highest BCUT2D eigenvalue weighted by Gasteiger charge is 2.37. The highest BCUT2D eigenvalue weighted by Crippen LogP contribution is 2.30. The van der Waals surface area contributed by atoms with Gasteiger partial charge >= 0.3 is 0 Å². The number of anilines is 1. The Bertz CT molecular complexity index is 1180. The number of nitrogens with one attached hydrogen (secondary N) is 2. The second kappa shape index (κ2) is 21.4. The van der Waals surface area contributed by atoms with E-state index in [4.69, 9.17) is 4.74 Å². The molecule has 0 spiro atoms. The van der Waals surface area contributed by atoms with Crippen molar-refractivity contribution in [1.82, 2.24) is 9.62 Å². The fraction of sp³-hybridized carbons (Fsp3) is 0.750. The number of carbonyl (C=O) groups excluding carboxylic acids is 3. The van der Waals surface area contributed by atoms with E-state index in [-0.39, 0.29) is 40.6 Å². The number of Topliss-reactive ketones (excluding diaryl/α,β-unsaturated/α-hetero) is 1. The summed E-state index contributed by atoms with van der Waals surface area (Å²) in [6.45, 7) is 12.7. The number of sulfonamides is 1. The number of nitrogens with zero attached hydrogens (tertiary/aromatic N) is 1. The summed E-state index contributed by atoms with van der Waals surface area (Å²) in [6.07, 6.45) is 17.2. The van der Waals surface area contributed by atoms with E-state index in [2.05, 4.69) is 17.0 Å². The molecule has 1 atom stereocenters. The Labute approximate surface area is 280 Å². The van der Waals surface area contributed by atoms with Crippen LogP contribution in [0.25, 0.3) is 0 Å². The minimum Gasteiger partial charge on any atom is -0.495 e. The van der Waals surface area contributed by atoms with E-state index in [1.54, 1.807) is 20.8 Å². The number of amides is 2. The molecule has 1 rings (SSSR count). The summed E-state index contributed by atoms with van der Waals surface area (Å²) in [7, 11) is -2.42. The number of hydrogen-bond donors (Lipinski definition) is 2. The van der Waals surface area contributed by atoms with Crippen LogP contribution in [0.15, 0.2) is 23.1 Å². The average Bonchev–Trinajstić information content (AvgIpc) is 2.98. The molecular weight excluding hydrogens is 602 g/mol. The normalized spacial score (nSPS) is 12.6. The second-order valence-electron chi connectivity index (χ2n) is 13.8. The third-order valence-corrected chi connectivity index (χ3v) is 9.80. The first-order chi connectivity index (χ1) is 21.7. The van der Waals surface area contributed by atoms with Crippen LogP contribution < -0.4 is 14.8 Å². The minimum atomic E-state index is -3.84. The van der Waals surface area contributed by atoms with Crippen LogP contribution in [-0.4, -0.2) is 57.2 Å². The Hall–Kier alpha value is -2.46. The van der Waals surface area contributed by atoms with E-state index in [9.17, 15) is 22.8 Å². The van der Waals surface area contributed by atoms with Crippen LogP contribution in [0.5, 0.6) is 5.75 Å². The van der Waals surface area contributed by atoms with Gasteiger partial charge in [-0.05, 0) is 38.5 Å². The van der Waals surface area contributed by atoms with E-state index in [0.717, 1.165) is 19.3 Å². The van der Waals surface area contributed by atoms with Gasteiger partial charge in [-0.2, -0.15) is 0 Å². The highest BCUT2D eigenvalue weighted by atomic mass is 32.2. The van der Waals surface area contributed by atoms with Gasteiger partial charge in [-0.25, -0.2) is 13.1 Å². The van der Waals surface area contributed by atoms with Crippen molar-refractivity contribution in [2.75, 3.05) is 25.5 Å². The lowest BCUT2D eigenvalue weighted by Crippen LogP contribution is -2.47. The first-order valence-electron chi connectivity index (χ1n) is 17.5. The summed E-state index contributed by atoms with van der Waals surface area (Å²) in [5.74, 6) is -2.10. The largest absolute Gasteiger partial charge is 0.495 e. The van der Waals surface area contributed by atoms with Crippen molar-refractivity contribution in [2.45, 2.75) is 149 Å². The smallest absolute Gasteiger partial charge is 0.240 e. The standard InChI is InChI=1S/C36H63N3O6S/c1-9-10-11-12-13-14-15-16-17-18-19-20-21-22-25-37-46(43,44)30-23-24-33(45-8)32(26-30)38-35(42)31(34(41)36(5,6)7)27-39(28(2)3)29(4)40/h23-24,26,28,31,37H,9-22,25,27H2,1-8H3,(H,38,42). The van der Waals surface area contributed by atoms with Crippen molar-refractivity contribution in [3.63, 3.8) is 0 Å². The third kappa shape index (κ3) is 15.4. The summed E-state index contributed by atoms with van der Waals surface area (Å²) in [4.78, 5) is 40.6. The van der Waals surface area contributed by atoms with Gasteiger partial charge in [0.05, 0.1) is 17.7 Å². The summed E-state index contributed by atoms with van der Waals surface area (Å²) >= 11 is 0. The van der Waals surface area contributed by atoms with Crippen LogP contribution in [0.1, 0.15) is 138 Å². The van der Waals surface area contributed by atoms with E-state index < -0.39 is 27.3 Å². The molecule has 0 heterocycles. The van der Waals surface area contributed by atoms with Gasteiger partial charge in [-0.1, -0.05) is 111 Å². The molecule has 2 amide bonds. The summed E-state index contributed by atoms with van der Waals surface area (Å²) < 4.78 is 34.3. The fourth-order valence-electron chi connectivity index (χ4n) is 5.49. The number of ether oxygens (including phenoxy) is 1. The monoisotopic (exact) mass is 665 g/mol. The van der Waals surface area contributed by atoms with E-state index in [0.29, 0.717) is 6.54 Å². The molecule has 9 nitrogen and oxygen atoms in total. The van der Waals surface area contributed by atoms with Gasteiger partial charge in [0, 0.05) is 31.5 Å². The maximum atomic E-state index is 13.5. The lowest BCUT2D eigenvalue weighted by molar-refractivity contribution is -0.139. The molecule has 0 fully saturated rings. The SMILES string of the molecule is CCCCCCCCCCCCCCCCNS(=O)(=O)c1ccc(OC)c(NC(=O)C(CN(C(C)=O)C(C)C)C(=O)C(C)(C)C)c1. The van der Waals surface area contributed by atoms with Crippen LogP contribution >= 0.6 is 0 Å². The lowest BCUT2D eigenvalue weighted by Gasteiger charge is -2.31. The molecule has 46 heavy (non-hydrogen) atoms. The predicted octanol–water partition coefficient (Wildman–Crippen LogP) is 7.88. The van der Waals surface area contributed by atoms with Crippen molar-refractivity contribution < 1.29 is 27.5 Å². The molecule has 264 valence electrons. The molecule has 1 aromatic rings. The fourth-order valence-corrected chi connectivity index (χ4v) is 6.59. The van der Waals surface area contributed by atoms with Crippen LogP contribution in [0.2, 0.25) is 0 Å². The second-order valence-corrected chi connectivity index (χ2v) is 15.5. The zero-order valence-electron chi connectivity index (χ0n) is 30.0. The molecule has 0 aliphatic rings. The third-order valence-electron chi connectivity index (χ3n) is 8.34. The van der Waals surface area contributed by atoms with Crippen LogP contribution in [0, 0.1) is 11.3 Å². The summed E-state index contributed by atoms with van der Waals surface area (Å²) in [5, 5.41) is 2.72. The molecule has 0 saturated heterocycles. The van der Waals surface area contributed by atoms with Crippen molar-refractivity contribution >= 4 is 33.3 Å². The molecule has 0 aliphatic carbocycles. The van der Waals surface area contributed by atoms with Gasteiger partial charge in [0.25, 0.3) is 0 Å². The van der Waals surface area contributed by atoms with Crippen LogP contribution in [0.4, 0.5) is 5.69 Å². The Balaban J connectivity index is 2.71. The lowest BCUT2D eigenvalue weighted by atomic mass is 9.82. The Kier molecular flexibility index (Phi) is 19.4. The van der Waals surface area contributed by atoms with Gasteiger partial charge in [0.15, 0.2) is 5.78 Å². The zero-order valence-corrected chi connectivity index (χ0v) is 30.8.